The fourth-order valence-corrected chi connectivity index (χ4v) is 1.91. The summed E-state index contributed by atoms with van der Waals surface area (Å²) in [5.41, 5.74) is 0.687. The van der Waals surface area contributed by atoms with Crippen LogP contribution in [-0.2, 0) is 0 Å². The third-order valence-corrected chi connectivity index (χ3v) is 2.57. The zero-order valence-corrected chi connectivity index (χ0v) is 11.2. The van der Waals surface area contributed by atoms with Crippen molar-refractivity contribution in [1.29, 1.82) is 0 Å². The van der Waals surface area contributed by atoms with E-state index in [9.17, 15) is 4.39 Å². The van der Waals surface area contributed by atoms with Gasteiger partial charge in [0, 0.05) is 21.6 Å². The van der Waals surface area contributed by atoms with E-state index in [1.165, 1.54) is 6.07 Å². The van der Waals surface area contributed by atoms with Gasteiger partial charge in [0.15, 0.2) is 0 Å². The van der Waals surface area contributed by atoms with E-state index in [4.69, 9.17) is 0 Å². The summed E-state index contributed by atoms with van der Waals surface area (Å²) in [7, 11) is 0. The van der Waals surface area contributed by atoms with E-state index in [0.29, 0.717) is 5.56 Å². The van der Waals surface area contributed by atoms with Gasteiger partial charge in [-0.25, -0.2) is 4.39 Å². The standard InChI is InChI=1S/C12H17BrFN/c1-8(15-12(2,3)4)10-6-5-9(13)7-11(10)14/h5-8,15H,1-4H3. The number of hydrogen-bond acceptors (Lipinski definition) is 1. The van der Waals surface area contributed by atoms with Crippen molar-refractivity contribution in [2.45, 2.75) is 39.3 Å². The van der Waals surface area contributed by atoms with Crippen molar-refractivity contribution in [1.82, 2.24) is 5.32 Å². The second kappa shape index (κ2) is 4.62. The van der Waals surface area contributed by atoms with Crippen LogP contribution < -0.4 is 5.32 Å². The monoisotopic (exact) mass is 273 g/mol. The van der Waals surface area contributed by atoms with Crippen LogP contribution in [0, 0.1) is 5.82 Å². The van der Waals surface area contributed by atoms with Crippen LogP contribution in [0.25, 0.3) is 0 Å². The van der Waals surface area contributed by atoms with Crippen molar-refractivity contribution in [2.75, 3.05) is 0 Å². The zero-order valence-electron chi connectivity index (χ0n) is 9.57. The van der Waals surface area contributed by atoms with Crippen LogP contribution in [0.3, 0.4) is 0 Å². The van der Waals surface area contributed by atoms with Crippen LogP contribution in [-0.4, -0.2) is 5.54 Å². The van der Waals surface area contributed by atoms with E-state index >= 15 is 0 Å². The van der Waals surface area contributed by atoms with Gasteiger partial charge < -0.3 is 5.32 Å². The lowest BCUT2D eigenvalue weighted by molar-refractivity contribution is 0.371. The quantitative estimate of drug-likeness (QED) is 0.858. The lowest BCUT2D eigenvalue weighted by Crippen LogP contribution is -2.37. The molecule has 3 heteroatoms. The molecule has 0 saturated carbocycles. The van der Waals surface area contributed by atoms with Gasteiger partial charge in [-0.1, -0.05) is 22.0 Å². The minimum atomic E-state index is -0.173. The third kappa shape index (κ3) is 3.92. The predicted octanol–water partition coefficient (Wildman–Crippen LogP) is 4.04. The summed E-state index contributed by atoms with van der Waals surface area (Å²) < 4.78 is 14.4. The van der Waals surface area contributed by atoms with Crippen LogP contribution in [0.5, 0.6) is 0 Å². The first kappa shape index (κ1) is 12.7. The van der Waals surface area contributed by atoms with Crippen molar-refractivity contribution in [2.24, 2.45) is 0 Å². The summed E-state index contributed by atoms with van der Waals surface area (Å²) in [6.07, 6.45) is 0. The largest absolute Gasteiger partial charge is 0.305 e. The van der Waals surface area contributed by atoms with Crippen LogP contribution >= 0.6 is 15.9 Å². The fraction of sp³-hybridized carbons (Fsp3) is 0.500. The molecule has 0 fully saturated rings. The summed E-state index contributed by atoms with van der Waals surface area (Å²) in [4.78, 5) is 0. The Morgan fingerprint density at radius 2 is 1.93 bits per heavy atom. The topological polar surface area (TPSA) is 12.0 Å². The number of hydrogen-bond donors (Lipinski definition) is 1. The highest BCUT2D eigenvalue weighted by atomic mass is 79.9. The molecule has 0 heterocycles. The van der Waals surface area contributed by atoms with Gasteiger partial charge in [-0.3, -0.25) is 0 Å². The van der Waals surface area contributed by atoms with E-state index in [2.05, 4.69) is 42.0 Å². The molecule has 1 aromatic rings. The zero-order chi connectivity index (χ0) is 11.6. The molecule has 0 spiro atoms. The number of nitrogens with one attached hydrogen (secondary N) is 1. The molecule has 84 valence electrons. The van der Waals surface area contributed by atoms with E-state index < -0.39 is 0 Å². The Balaban J connectivity index is 2.87. The lowest BCUT2D eigenvalue weighted by Gasteiger charge is -2.26. The maximum Gasteiger partial charge on any atom is 0.129 e. The van der Waals surface area contributed by atoms with Gasteiger partial charge >= 0.3 is 0 Å². The highest BCUT2D eigenvalue weighted by molar-refractivity contribution is 9.10. The van der Waals surface area contributed by atoms with Crippen molar-refractivity contribution < 1.29 is 4.39 Å². The lowest BCUT2D eigenvalue weighted by atomic mass is 10.0. The van der Waals surface area contributed by atoms with Crippen LogP contribution in [0.4, 0.5) is 4.39 Å². The minimum Gasteiger partial charge on any atom is -0.305 e. The minimum absolute atomic E-state index is 0.0121. The second-order valence-electron chi connectivity index (χ2n) is 4.78. The van der Waals surface area contributed by atoms with Gasteiger partial charge in [-0.15, -0.1) is 0 Å². The van der Waals surface area contributed by atoms with Crippen LogP contribution in [0.15, 0.2) is 22.7 Å². The van der Waals surface area contributed by atoms with E-state index in [-0.39, 0.29) is 17.4 Å². The predicted molar refractivity (Wildman–Crippen MR) is 65.4 cm³/mol. The van der Waals surface area contributed by atoms with Gasteiger partial charge in [-0.2, -0.15) is 0 Å². The molecule has 1 N–H and O–H groups in total. The van der Waals surface area contributed by atoms with Crippen molar-refractivity contribution in [3.8, 4) is 0 Å². The van der Waals surface area contributed by atoms with Gasteiger partial charge in [0.2, 0.25) is 0 Å². The Morgan fingerprint density at radius 3 is 2.40 bits per heavy atom. The molecular formula is C12H17BrFN. The summed E-state index contributed by atoms with van der Waals surface area (Å²) in [5, 5.41) is 3.34. The Kier molecular flexibility index (Phi) is 3.90. The maximum absolute atomic E-state index is 13.6. The van der Waals surface area contributed by atoms with Gasteiger partial charge in [0.05, 0.1) is 0 Å². The molecule has 0 saturated heterocycles. The molecule has 0 aliphatic carbocycles. The van der Waals surface area contributed by atoms with Crippen LogP contribution in [0.1, 0.15) is 39.3 Å². The molecule has 0 radical (unpaired) electrons. The molecule has 1 atom stereocenters. The highest BCUT2D eigenvalue weighted by Gasteiger charge is 2.17. The highest BCUT2D eigenvalue weighted by Crippen LogP contribution is 2.22. The second-order valence-corrected chi connectivity index (χ2v) is 5.70. The normalized spacial score (nSPS) is 14.0. The summed E-state index contributed by atoms with van der Waals surface area (Å²) in [6.45, 7) is 8.18. The first-order valence-corrected chi connectivity index (χ1v) is 5.81. The Bertz CT molecular complexity index is 344. The smallest absolute Gasteiger partial charge is 0.129 e. The first-order valence-electron chi connectivity index (χ1n) is 5.02. The average Bonchev–Trinajstić information content (AvgIpc) is 1.99. The molecule has 0 aromatic heterocycles. The molecule has 1 nitrogen and oxygen atoms in total. The van der Waals surface area contributed by atoms with Gasteiger partial charge in [0.25, 0.3) is 0 Å². The third-order valence-electron chi connectivity index (χ3n) is 2.08. The summed E-state index contributed by atoms with van der Waals surface area (Å²) in [6, 6.07) is 5.18. The van der Waals surface area contributed by atoms with E-state index in [0.717, 1.165) is 4.47 Å². The van der Waals surface area contributed by atoms with Crippen molar-refractivity contribution in [3.63, 3.8) is 0 Å². The molecule has 0 aliphatic heterocycles. The van der Waals surface area contributed by atoms with Gasteiger partial charge in [0.1, 0.15) is 5.82 Å². The Morgan fingerprint density at radius 1 is 1.33 bits per heavy atom. The first-order chi connectivity index (χ1) is 6.79. The molecular weight excluding hydrogens is 257 g/mol. The summed E-state index contributed by atoms with van der Waals surface area (Å²) >= 11 is 3.25. The average molecular weight is 274 g/mol. The molecule has 0 bridgehead atoms. The van der Waals surface area contributed by atoms with E-state index in [1.807, 2.05) is 19.1 Å². The summed E-state index contributed by atoms with van der Waals surface area (Å²) in [5.74, 6) is -0.173. The SMILES string of the molecule is CC(NC(C)(C)C)c1ccc(Br)cc1F. The number of rotatable bonds is 2. The van der Waals surface area contributed by atoms with Crippen molar-refractivity contribution in [3.05, 3.63) is 34.1 Å². The molecule has 15 heavy (non-hydrogen) atoms. The molecule has 1 unspecified atom stereocenters. The van der Waals surface area contributed by atoms with Crippen molar-refractivity contribution >= 4 is 15.9 Å². The molecule has 0 amide bonds. The maximum atomic E-state index is 13.6. The molecule has 1 aromatic carbocycles. The fourth-order valence-electron chi connectivity index (χ4n) is 1.58. The number of halogens is 2. The molecule has 0 aliphatic rings. The van der Waals surface area contributed by atoms with E-state index in [1.54, 1.807) is 0 Å². The number of benzene rings is 1. The molecule has 1 rings (SSSR count). The van der Waals surface area contributed by atoms with Gasteiger partial charge in [-0.05, 0) is 39.8 Å². The van der Waals surface area contributed by atoms with Crippen LogP contribution in [0.2, 0.25) is 0 Å². The Labute approximate surface area is 99.2 Å². The Hall–Kier alpha value is -0.410.